The van der Waals surface area contributed by atoms with Crippen molar-refractivity contribution in [3.8, 4) is 0 Å². The Hall–Kier alpha value is -3.35. The average molecular weight is 1460 g/mol. The number of carbonyl (C=O) groups is 9. The maximum absolute atomic E-state index is 12.5. The summed E-state index contributed by atoms with van der Waals surface area (Å²) in [6.45, 7) is 4.78. The van der Waals surface area contributed by atoms with Crippen LogP contribution in [-0.2, 0) is 113 Å². The minimum absolute atomic E-state index is 0.0474. The summed E-state index contributed by atoms with van der Waals surface area (Å²) < 4.78 is 116. The Bertz CT molecular complexity index is 2430. The normalized spacial score (nSPS) is 12.8. The van der Waals surface area contributed by atoms with E-state index in [9.17, 15) is 125 Å². The molecule has 0 heterocycles. The van der Waals surface area contributed by atoms with E-state index in [2.05, 4.69) is 10.6 Å². The van der Waals surface area contributed by atoms with Crippen LogP contribution in [0.3, 0.4) is 0 Å². The zero-order valence-corrected chi connectivity index (χ0v) is 54.5. The van der Waals surface area contributed by atoms with Crippen molar-refractivity contribution in [1.82, 2.24) is 21.3 Å². The van der Waals surface area contributed by atoms with Crippen LogP contribution in [0.1, 0.15) is 70.6 Å². The first-order valence-corrected chi connectivity index (χ1v) is 36.6. The first kappa shape index (κ1) is 90.7. The molecule has 0 rings (SSSR count). The Morgan fingerprint density at radius 2 is 0.620 bits per heavy atom. The lowest BCUT2D eigenvalue weighted by Gasteiger charge is -2.28. The standard InChI is InChI=1S/C25H47N3O25P4.C18H35NO14P2/c29-6-1-2-7-49-10-12-51-14-15-52-13-11-50-9-5-26-19(30)4-3-8-53-18(16-20(31)27-22(33)24(35,54(37,38)39)55(40,41)42)17-21(32)28-23(34)25(36,56(43,44)45)57(46,47)48;20-7-1-2-8-30-10-12-32-14-15-33-13-11-31-9-6-19-17(22)5-3-4-16(21)18(23,34(24,25)26)35(27,28)29/h6,18,35-36H,1-5,7-17H2,(H,26,30)(H,27,31,33)(H,28,32,34)(H2,37,38,39)(H2,40,41,42)(H2,43,44,45)(H2,46,47,48);7,23H,1-6,8-15H2,(H,19,22)(H2,24,25,26)(H2,27,28,29). The van der Waals surface area contributed by atoms with Gasteiger partial charge < -0.3 is 137 Å². The number of ether oxygens (including phenoxy) is 9. The van der Waals surface area contributed by atoms with Crippen molar-refractivity contribution in [2.45, 2.75) is 92.0 Å². The van der Waals surface area contributed by atoms with Crippen LogP contribution in [0.15, 0.2) is 0 Å². The highest BCUT2D eigenvalue weighted by molar-refractivity contribution is 7.74. The second-order valence-electron chi connectivity index (χ2n) is 18.4. The van der Waals surface area contributed by atoms with E-state index in [-0.39, 0.29) is 78.4 Å². The summed E-state index contributed by atoms with van der Waals surface area (Å²) in [6.07, 6.45) is -2.45. The smallest absolute Gasteiger partial charge is 0.379 e. The number of hydrogen-bond donors (Lipinski definition) is 19. The molecule has 0 atom stereocenters. The van der Waals surface area contributed by atoms with Crippen LogP contribution in [-0.4, -0.2) is 275 Å². The van der Waals surface area contributed by atoms with Gasteiger partial charge in [-0.15, -0.1) is 0 Å². The van der Waals surface area contributed by atoms with Crippen LogP contribution in [0.25, 0.3) is 0 Å². The number of aliphatic hydroxyl groups is 3. The lowest BCUT2D eigenvalue weighted by molar-refractivity contribution is -0.138. The lowest BCUT2D eigenvalue weighted by Crippen LogP contribution is -2.50. The van der Waals surface area contributed by atoms with Crippen LogP contribution >= 0.6 is 45.6 Å². The van der Waals surface area contributed by atoms with Gasteiger partial charge >= 0.3 is 60.8 Å². The number of aldehydes is 2. The summed E-state index contributed by atoms with van der Waals surface area (Å²) in [5.74, 6) is -11.5. The van der Waals surface area contributed by atoms with E-state index in [1.54, 1.807) is 0 Å². The predicted molar refractivity (Wildman–Crippen MR) is 304 cm³/mol. The summed E-state index contributed by atoms with van der Waals surface area (Å²) in [6, 6.07) is 0. The Morgan fingerprint density at radius 3 is 0.902 bits per heavy atom. The molecule has 0 fully saturated rings. The van der Waals surface area contributed by atoms with Crippen molar-refractivity contribution in [2.75, 3.05) is 125 Å². The number of amides is 6. The van der Waals surface area contributed by atoms with Crippen molar-refractivity contribution in [1.29, 1.82) is 0 Å². The monoisotopic (exact) mass is 1460 g/mol. The molecular weight excluding hydrogens is 1380 g/mol. The number of imide groups is 2. The van der Waals surface area contributed by atoms with E-state index in [1.807, 2.05) is 0 Å². The van der Waals surface area contributed by atoms with Crippen LogP contribution in [0.4, 0.5) is 0 Å². The van der Waals surface area contributed by atoms with E-state index >= 15 is 0 Å². The topological polar surface area (TPSA) is 691 Å². The molecule has 0 saturated heterocycles. The molecule has 538 valence electrons. The first-order chi connectivity index (χ1) is 42.5. The maximum Gasteiger partial charge on any atom is 0.379 e. The third-order valence-corrected chi connectivity index (χ3v) is 21.9. The van der Waals surface area contributed by atoms with Gasteiger partial charge in [0.1, 0.15) is 12.6 Å². The molecule has 0 aliphatic carbocycles. The van der Waals surface area contributed by atoms with Crippen molar-refractivity contribution < 1.29 is 187 Å². The average Bonchev–Trinajstić information content (AvgIpc) is 0.779. The third kappa shape index (κ3) is 35.6. The molecule has 0 unspecified atom stereocenters. The highest BCUT2D eigenvalue weighted by Gasteiger charge is 2.67. The Balaban J connectivity index is 0. The molecule has 0 radical (unpaired) electrons. The molecule has 92 heavy (non-hydrogen) atoms. The van der Waals surface area contributed by atoms with E-state index in [1.165, 1.54) is 0 Å². The molecule has 43 nitrogen and oxygen atoms in total. The van der Waals surface area contributed by atoms with E-state index in [0.717, 1.165) is 23.2 Å². The molecular formula is C43H82N4O39P6. The number of unbranched alkanes of at least 4 members (excludes halogenated alkanes) is 2. The molecule has 19 N–H and O–H groups in total. The number of Topliss-reactive ketones (excluding diaryl/α,β-unsaturated/α-hetero) is 1. The minimum atomic E-state index is -6.42. The van der Waals surface area contributed by atoms with Crippen LogP contribution in [0.5, 0.6) is 0 Å². The van der Waals surface area contributed by atoms with Gasteiger partial charge in [-0.05, 0) is 25.7 Å². The summed E-state index contributed by atoms with van der Waals surface area (Å²) in [5, 5.41) is 22.8. The van der Waals surface area contributed by atoms with E-state index in [4.69, 9.17) is 62.2 Å². The number of hydrogen-bond acceptors (Lipinski definition) is 27. The minimum Gasteiger partial charge on any atom is -0.379 e. The third-order valence-electron chi connectivity index (χ3n) is 11.1. The van der Waals surface area contributed by atoms with Gasteiger partial charge in [0.2, 0.25) is 23.6 Å². The van der Waals surface area contributed by atoms with Crippen molar-refractivity contribution >= 4 is 99.4 Å². The van der Waals surface area contributed by atoms with Crippen molar-refractivity contribution in [3.63, 3.8) is 0 Å². The molecule has 0 aromatic heterocycles. The van der Waals surface area contributed by atoms with Crippen LogP contribution in [0, 0.1) is 0 Å². The Morgan fingerprint density at radius 1 is 0.348 bits per heavy atom. The first-order valence-electron chi connectivity index (χ1n) is 26.9. The van der Waals surface area contributed by atoms with Gasteiger partial charge in [0.15, 0.2) is 5.78 Å². The van der Waals surface area contributed by atoms with Crippen LogP contribution in [0.2, 0.25) is 0 Å². The molecule has 0 aliphatic heterocycles. The number of rotatable bonds is 54. The number of nitrogens with one attached hydrogen (secondary N) is 4. The fourth-order valence-corrected chi connectivity index (χ4v) is 12.5. The number of carbonyl (C=O) groups excluding carboxylic acids is 9. The molecule has 0 aromatic carbocycles. The Kier molecular flexibility index (Phi) is 45.3. The second-order valence-corrected chi connectivity index (χ2v) is 29.9. The van der Waals surface area contributed by atoms with Gasteiger partial charge in [0.05, 0.1) is 111 Å². The molecule has 49 heteroatoms. The summed E-state index contributed by atoms with van der Waals surface area (Å²) in [4.78, 5) is 215. The highest BCUT2D eigenvalue weighted by atomic mass is 31.3. The van der Waals surface area contributed by atoms with Gasteiger partial charge in [-0.25, -0.2) is 0 Å². The van der Waals surface area contributed by atoms with E-state index < -0.39 is 134 Å². The van der Waals surface area contributed by atoms with Crippen molar-refractivity contribution in [2.24, 2.45) is 0 Å². The largest absolute Gasteiger partial charge is 0.379 e. The number of ketones is 1. The van der Waals surface area contributed by atoms with Gasteiger partial charge in [0.25, 0.3) is 11.8 Å². The molecule has 6 amide bonds. The molecule has 0 bridgehead atoms. The highest BCUT2D eigenvalue weighted by Crippen LogP contribution is 2.69. The molecule has 0 aliphatic rings. The molecule has 0 aromatic rings. The lowest BCUT2D eigenvalue weighted by atomic mass is 10.1. The van der Waals surface area contributed by atoms with Crippen molar-refractivity contribution in [3.05, 3.63) is 0 Å². The maximum atomic E-state index is 12.5. The zero-order chi connectivity index (χ0) is 70.9. The fraction of sp³-hybridized carbons (Fsp3) is 0.791. The Labute approximate surface area is 523 Å². The van der Waals surface area contributed by atoms with Crippen LogP contribution < -0.4 is 21.3 Å². The van der Waals surface area contributed by atoms with Gasteiger partial charge in [-0.2, -0.15) is 0 Å². The van der Waals surface area contributed by atoms with Gasteiger partial charge in [0, 0.05) is 65.0 Å². The molecule has 0 spiro atoms. The fourth-order valence-electron chi connectivity index (χ4n) is 6.31. The summed E-state index contributed by atoms with van der Waals surface area (Å²) >= 11 is 0. The summed E-state index contributed by atoms with van der Waals surface area (Å²) in [7, 11) is -37.4. The van der Waals surface area contributed by atoms with Gasteiger partial charge in [-0.1, -0.05) is 0 Å². The predicted octanol–water partition coefficient (Wildman–Crippen LogP) is -5.73. The quantitative estimate of drug-likeness (QED) is 0.0153. The van der Waals surface area contributed by atoms with Gasteiger partial charge in [-0.3, -0.25) is 71.6 Å². The SMILES string of the molecule is O=CCCCOCCOCCOCCOCCNC(=O)CCCC(=O)C(O)(P(=O)(O)O)P(=O)(O)O.O=CCCCOCCOCCOCCOCCNC(=O)CCCOC(CC(=O)NC(=O)C(O)(P(=O)(O)O)P(=O)(O)O)CC(=O)NC(=O)C(O)(P(=O)(O)O)P(=O)(O)O. The van der Waals surface area contributed by atoms with E-state index in [0.29, 0.717) is 91.8 Å². The second kappa shape index (κ2) is 46.0. The molecule has 0 saturated carbocycles. The zero-order valence-electron chi connectivity index (χ0n) is 49.1. The summed E-state index contributed by atoms with van der Waals surface area (Å²) in [5.41, 5.74) is 0.